The molecule has 1 heterocycles. The molecule has 92 valence electrons. The van der Waals surface area contributed by atoms with Gasteiger partial charge in [-0.05, 0) is 37.7 Å². The number of rotatable bonds is 1. The molecule has 2 aliphatic rings. The standard InChI is InChI=1S/C15H21NO/c1-12-4-3-5-14(7-6-12)15-8-10-16(11-9-15)13(2)17/h4-7,15H,3,8-11H2,1-2H3. The van der Waals surface area contributed by atoms with Crippen molar-refractivity contribution in [2.24, 2.45) is 5.92 Å². The van der Waals surface area contributed by atoms with Crippen molar-refractivity contribution in [3.05, 3.63) is 35.5 Å². The lowest BCUT2D eigenvalue weighted by molar-refractivity contribution is -0.130. The lowest BCUT2D eigenvalue weighted by atomic mass is 9.88. The summed E-state index contributed by atoms with van der Waals surface area (Å²) in [5.41, 5.74) is 2.80. The van der Waals surface area contributed by atoms with Crippen molar-refractivity contribution in [3.63, 3.8) is 0 Å². The topological polar surface area (TPSA) is 20.3 Å². The van der Waals surface area contributed by atoms with Gasteiger partial charge in [0.1, 0.15) is 0 Å². The van der Waals surface area contributed by atoms with Crippen LogP contribution in [0.4, 0.5) is 0 Å². The van der Waals surface area contributed by atoms with Gasteiger partial charge in [0, 0.05) is 20.0 Å². The Labute approximate surface area is 104 Å². The maximum atomic E-state index is 11.3. The fraction of sp³-hybridized carbons (Fsp3) is 0.533. The van der Waals surface area contributed by atoms with Crippen molar-refractivity contribution in [1.82, 2.24) is 4.90 Å². The van der Waals surface area contributed by atoms with Gasteiger partial charge < -0.3 is 4.90 Å². The second-order valence-electron chi connectivity index (χ2n) is 5.00. The molecule has 0 saturated carbocycles. The monoisotopic (exact) mass is 231 g/mol. The number of hydrogen-bond acceptors (Lipinski definition) is 1. The number of likely N-dealkylation sites (tertiary alicyclic amines) is 1. The van der Waals surface area contributed by atoms with Crippen molar-refractivity contribution in [3.8, 4) is 0 Å². The molecule has 2 rings (SSSR count). The molecular formula is C15H21NO. The molecule has 17 heavy (non-hydrogen) atoms. The molecule has 2 nitrogen and oxygen atoms in total. The van der Waals surface area contributed by atoms with E-state index in [1.54, 1.807) is 6.92 Å². The van der Waals surface area contributed by atoms with E-state index < -0.39 is 0 Å². The van der Waals surface area contributed by atoms with Crippen LogP contribution in [0, 0.1) is 5.92 Å². The van der Waals surface area contributed by atoms with E-state index in [0.717, 1.165) is 32.4 Å². The van der Waals surface area contributed by atoms with Crippen LogP contribution in [0.5, 0.6) is 0 Å². The van der Waals surface area contributed by atoms with Gasteiger partial charge >= 0.3 is 0 Å². The molecule has 1 amide bonds. The molecule has 1 aliphatic carbocycles. The predicted octanol–water partition coefficient (Wildman–Crippen LogP) is 3.08. The van der Waals surface area contributed by atoms with Gasteiger partial charge in [-0.2, -0.15) is 0 Å². The van der Waals surface area contributed by atoms with E-state index in [1.807, 2.05) is 4.90 Å². The number of carbonyl (C=O) groups is 1. The molecule has 1 saturated heterocycles. The third kappa shape index (κ3) is 3.09. The van der Waals surface area contributed by atoms with E-state index in [4.69, 9.17) is 0 Å². The molecule has 0 bridgehead atoms. The molecule has 1 fully saturated rings. The smallest absolute Gasteiger partial charge is 0.219 e. The van der Waals surface area contributed by atoms with Crippen LogP contribution in [0.2, 0.25) is 0 Å². The number of piperidine rings is 1. The fourth-order valence-electron chi connectivity index (χ4n) is 2.58. The molecule has 2 heteroatoms. The van der Waals surface area contributed by atoms with Crippen LogP contribution < -0.4 is 0 Å². The highest BCUT2D eigenvalue weighted by Crippen LogP contribution is 2.27. The van der Waals surface area contributed by atoms with Gasteiger partial charge in [-0.25, -0.2) is 0 Å². The normalized spacial score (nSPS) is 21.9. The highest BCUT2D eigenvalue weighted by atomic mass is 16.2. The largest absolute Gasteiger partial charge is 0.343 e. The zero-order valence-corrected chi connectivity index (χ0v) is 10.8. The van der Waals surface area contributed by atoms with Crippen LogP contribution in [0.3, 0.4) is 0 Å². The lowest BCUT2D eigenvalue weighted by Gasteiger charge is -2.32. The Balaban J connectivity index is 1.95. The van der Waals surface area contributed by atoms with E-state index in [0.29, 0.717) is 5.92 Å². The minimum atomic E-state index is 0.214. The maximum absolute atomic E-state index is 11.3. The molecule has 0 unspecified atom stereocenters. The Morgan fingerprint density at radius 2 is 1.94 bits per heavy atom. The van der Waals surface area contributed by atoms with Crippen LogP contribution in [0.1, 0.15) is 33.1 Å². The lowest BCUT2D eigenvalue weighted by Crippen LogP contribution is -2.37. The Morgan fingerprint density at radius 1 is 1.24 bits per heavy atom. The van der Waals surface area contributed by atoms with Gasteiger partial charge in [-0.15, -0.1) is 0 Å². The van der Waals surface area contributed by atoms with Crippen LogP contribution in [0.15, 0.2) is 35.5 Å². The van der Waals surface area contributed by atoms with Gasteiger partial charge in [0.05, 0.1) is 0 Å². The van der Waals surface area contributed by atoms with E-state index in [1.165, 1.54) is 11.1 Å². The van der Waals surface area contributed by atoms with Gasteiger partial charge in [0.2, 0.25) is 5.91 Å². The van der Waals surface area contributed by atoms with Crippen LogP contribution in [0.25, 0.3) is 0 Å². The Bertz CT molecular complexity index is 382. The maximum Gasteiger partial charge on any atom is 0.219 e. The Morgan fingerprint density at radius 3 is 2.59 bits per heavy atom. The quantitative estimate of drug-likeness (QED) is 0.679. The first-order valence-electron chi connectivity index (χ1n) is 6.47. The molecule has 1 aliphatic heterocycles. The Kier molecular flexibility index (Phi) is 3.82. The molecule has 0 radical (unpaired) electrons. The second kappa shape index (κ2) is 5.35. The summed E-state index contributed by atoms with van der Waals surface area (Å²) < 4.78 is 0. The Hall–Kier alpha value is -1.31. The van der Waals surface area contributed by atoms with Gasteiger partial charge in [0.25, 0.3) is 0 Å². The zero-order chi connectivity index (χ0) is 12.3. The van der Waals surface area contributed by atoms with Crippen molar-refractivity contribution < 1.29 is 4.79 Å². The zero-order valence-electron chi connectivity index (χ0n) is 10.8. The summed E-state index contributed by atoms with van der Waals surface area (Å²) in [4.78, 5) is 13.2. The number of carbonyl (C=O) groups excluding carboxylic acids is 1. The third-order valence-electron chi connectivity index (χ3n) is 3.74. The summed E-state index contributed by atoms with van der Waals surface area (Å²) in [6.45, 7) is 5.64. The molecule has 0 aromatic rings. The molecule has 0 N–H and O–H groups in total. The summed E-state index contributed by atoms with van der Waals surface area (Å²) in [6.07, 6.45) is 12.3. The number of allylic oxidation sites excluding steroid dienone is 6. The summed E-state index contributed by atoms with van der Waals surface area (Å²) in [7, 11) is 0. The average Bonchev–Trinajstić information content (AvgIpc) is 2.54. The first-order chi connectivity index (χ1) is 8.16. The first kappa shape index (κ1) is 12.2. The summed E-state index contributed by atoms with van der Waals surface area (Å²) in [5.74, 6) is 0.854. The van der Waals surface area contributed by atoms with E-state index in [2.05, 4.69) is 31.2 Å². The minimum absolute atomic E-state index is 0.214. The highest BCUT2D eigenvalue weighted by molar-refractivity contribution is 5.73. The van der Waals surface area contributed by atoms with Crippen LogP contribution in [-0.4, -0.2) is 23.9 Å². The predicted molar refractivity (Wildman–Crippen MR) is 70.6 cm³/mol. The fourth-order valence-corrected chi connectivity index (χ4v) is 2.58. The van der Waals surface area contributed by atoms with Gasteiger partial charge in [0.15, 0.2) is 0 Å². The highest BCUT2D eigenvalue weighted by Gasteiger charge is 2.22. The van der Waals surface area contributed by atoms with E-state index in [-0.39, 0.29) is 5.91 Å². The second-order valence-corrected chi connectivity index (χ2v) is 5.00. The number of nitrogens with zero attached hydrogens (tertiary/aromatic N) is 1. The molecule has 0 aromatic carbocycles. The van der Waals surface area contributed by atoms with Gasteiger partial charge in [-0.3, -0.25) is 4.79 Å². The molecule has 0 atom stereocenters. The van der Waals surface area contributed by atoms with Gasteiger partial charge in [-0.1, -0.05) is 29.9 Å². The van der Waals surface area contributed by atoms with Crippen molar-refractivity contribution >= 4 is 5.91 Å². The van der Waals surface area contributed by atoms with E-state index in [9.17, 15) is 4.79 Å². The summed E-state index contributed by atoms with van der Waals surface area (Å²) in [6, 6.07) is 0. The molecule has 0 aromatic heterocycles. The van der Waals surface area contributed by atoms with Crippen molar-refractivity contribution in [2.45, 2.75) is 33.1 Å². The first-order valence-corrected chi connectivity index (χ1v) is 6.47. The number of amides is 1. The van der Waals surface area contributed by atoms with E-state index >= 15 is 0 Å². The average molecular weight is 231 g/mol. The minimum Gasteiger partial charge on any atom is -0.343 e. The molecular weight excluding hydrogens is 210 g/mol. The van der Waals surface area contributed by atoms with Crippen molar-refractivity contribution in [1.29, 1.82) is 0 Å². The summed E-state index contributed by atoms with van der Waals surface area (Å²) in [5, 5.41) is 0. The van der Waals surface area contributed by atoms with Crippen molar-refractivity contribution in [2.75, 3.05) is 13.1 Å². The molecule has 0 spiro atoms. The summed E-state index contributed by atoms with van der Waals surface area (Å²) >= 11 is 0. The number of hydrogen-bond donors (Lipinski definition) is 0. The van der Waals surface area contributed by atoms with Crippen LogP contribution in [-0.2, 0) is 4.79 Å². The van der Waals surface area contributed by atoms with Crippen LogP contribution >= 0.6 is 0 Å². The third-order valence-corrected chi connectivity index (χ3v) is 3.74. The SMILES string of the molecule is CC(=O)N1CCC(C2=CCC=C(C)C=C2)CC1.